The number of carbonyl (C=O) groups is 3. The van der Waals surface area contributed by atoms with Gasteiger partial charge in [0, 0.05) is 6.92 Å². The van der Waals surface area contributed by atoms with Gasteiger partial charge in [-0.2, -0.15) is 0 Å². The second-order valence-corrected chi connectivity index (χ2v) is 7.40. The van der Waals surface area contributed by atoms with Gasteiger partial charge in [0.05, 0.1) is 30.5 Å². The number of carbonyl (C=O) groups excluding carboxylic acids is 3. The molecule has 0 fully saturated rings. The van der Waals surface area contributed by atoms with E-state index >= 15 is 0 Å². The Morgan fingerprint density at radius 1 is 0.938 bits per heavy atom. The number of para-hydroxylation sites is 1. The molecule has 7 nitrogen and oxygen atoms in total. The van der Waals surface area contributed by atoms with Crippen molar-refractivity contribution in [2.24, 2.45) is 0 Å². The van der Waals surface area contributed by atoms with Gasteiger partial charge in [0.1, 0.15) is 11.5 Å². The maximum absolute atomic E-state index is 13.7. The predicted octanol–water partition coefficient (Wildman–Crippen LogP) is 4.50. The van der Waals surface area contributed by atoms with Gasteiger partial charge in [-0.3, -0.25) is 14.4 Å². The van der Waals surface area contributed by atoms with Crippen LogP contribution in [0.1, 0.15) is 19.4 Å². The fourth-order valence-electron chi connectivity index (χ4n) is 3.55. The Kier molecular flexibility index (Phi) is 6.69. The first-order chi connectivity index (χ1) is 15.2. The van der Waals surface area contributed by atoms with Gasteiger partial charge in [0.15, 0.2) is 5.78 Å². The minimum atomic E-state index is -2.35. The molecule has 166 valence electrons. The van der Waals surface area contributed by atoms with E-state index in [0.29, 0.717) is 16.5 Å². The molecule has 0 radical (unpaired) electrons. The van der Waals surface area contributed by atoms with Crippen LogP contribution in [0.15, 0.2) is 54.6 Å². The molecule has 3 aromatic rings. The fraction of sp³-hybridized carbons (Fsp3) is 0.208. The van der Waals surface area contributed by atoms with Crippen LogP contribution in [0.2, 0.25) is 5.02 Å². The van der Waals surface area contributed by atoms with Crippen molar-refractivity contribution < 1.29 is 28.6 Å². The fourth-order valence-corrected chi connectivity index (χ4v) is 3.73. The smallest absolute Gasteiger partial charge is 0.304 e. The molecule has 0 saturated heterocycles. The molecule has 0 aliphatic carbocycles. The Balaban J connectivity index is 2.36. The first-order valence-corrected chi connectivity index (χ1v) is 10.0. The largest absolute Gasteiger partial charge is 0.497 e. The number of nitrogens with one attached hydrogen (secondary N) is 1. The summed E-state index contributed by atoms with van der Waals surface area (Å²) in [5.41, 5.74) is -2.00. The van der Waals surface area contributed by atoms with Gasteiger partial charge in [0.2, 0.25) is 0 Å². The number of hydrogen-bond donors (Lipinski definition) is 1. The van der Waals surface area contributed by atoms with Gasteiger partial charge in [-0.15, -0.1) is 0 Å². The molecule has 1 unspecified atom stereocenters. The third kappa shape index (κ3) is 4.11. The van der Waals surface area contributed by atoms with Crippen molar-refractivity contribution >= 4 is 45.7 Å². The van der Waals surface area contributed by atoms with Crippen molar-refractivity contribution in [3.05, 3.63) is 65.2 Å². The number of fused-ring (bicyclic) bond motifs is 1. The molecule has 0 aliphatic heterocycles. The number of methoxy groups -OCH3 is 2. The second kappa shape index (κ2) is 9.28. The zero-order valence-corrected chi connectivity index (χ0v) is 18.8. The molecule has 0 heterocycles. The van der Waals surface area contributed by atoms with Crippen molar-refractivity contribution in [2.45, 2.75) is 19.4 Å². The molecule has 3 rings (SSSR count). The number of esters is 1. The standard InChI is InChI=1S/C24H22ClNO6/c1-14(27)24(32-15(2)28,23(29)26-20-8-6-5-7-19(20)25)22-18-13-17(30-3)11-9-16(18)10-12-21(22)31-4/h5-13H,1-4H3,(H,26,29). The molecular formula is C24H22ClNO6. The van der Waals surface area contributed by atoms with Crippen molar-refractivity contribution in [3.8, 4) is 11.5 Å². The highest BCUT2D eigenvalue weighted by atomic mass is 35.5. The van der Waals surface area contributed by atoms with E-state index in [1.807, 2.05) is 0 Å². The van der Waals surface area contributed by atoms with Crippen molar-refractivity contribution in [3.63, 3.8) is 0 Å². The van der Waals surface area contributed by atoms with E-state index in [4.69, 9.17) is 25.8 Å². The summed E-state index contributed by atoms with van der Waals surface area (Å²) in [5, 5.41) is 4.02. The topological polar surface area (TPSA) is 90.9 Å². The van der Waals surface area contributed by atoms with E-state index in [0.717, 1.165) is 6.92 Å². The van der Waals surface area contributed by atoms with E-state index in [1.165, 1.54) is 21.1 Å². The highest BCUT2D eigenvalue weighted by molar-refractivity contribution is 6.34. The maximum Gasteiger partial charge on any atom is 0.304 e. The van der Waals surface area contributed by atoms with E-state index in [2.05, 4.69) is 5.32 Å². The van der Waals surface area contributed by atoms with Gasteiger partial charge >= 0.3 is 5.97 Å². The van der Waals surface area contributed by atoms with Crippen LogP contribution >= 0.6 is 11.6 Å². The summed E-state index contributed by atoms with van der Waals surface area (Å²) in [4.78, 5) is 39.0. The lowest BCUT2D eigenvalue weighted by Crippen LogP contribution is -2.49. The van der Waals surface area contributed by atoms with E-state index in [9.17, 15) is 14.4 Å². The summed E-state index contributed by atoms with van der Waals surface area (Å²) in [6.45, 7) is 2.30. The molecule has 0 aliphatic rings. The average Bonchev–Trinajstić information content (AvgIpc) is 2.77. The summed E-state index contributed by atoms with van der Waals surface area (Å²) < 4.78 is 16.3. The third-order valence-electron chi connectivity index (χ3n) is 5.00. The number of anilines is 1. The number of benzene rings is 3. The Labute approximate surface area is 190 Å². The quantitative estimate of drug-likeness (QED) is 0.416. The second-order valence-electron chi connectivity index (χ2n) is 6.99. The number of amides is 1. The number of Topliss-reactive ketones (excluding diaryl/α,β-unsaturated/α-hetero) is 1. The monoisotopic (exact) mass is 455 g/mol. The molecule has 0 saturated carbocycles. The summed E-state index contributed by atoms with van der Waals surface area (Å²) >= 11 is 6.19. The number of halogens is 1. The third-order valence-corrected chi connectivity index (χ3v) is 5.33. The molecule has 0 aromatic heterocycles. The molecule has 8 heteroatoms. The van der Waals surface area contributed by atoms with Crippen molar-refractivity contribution in [1.82, 2.24) is 0 Å². The number of rotatable bonds is 7. The minimum Gasteiger partial charge on any atom is -0.497 e. The molecule has 32 heavy (non-hydrogen) atoms. The first kappa shape index (κ1) is 23.1. The maximum atomic E-state index is 13.7. The first-order valence-electron chi connectivity index (χ1n) is 9.66. The lowest BCUT2D eigenvalue weighted by atomic mass is 9.84. The van der Waals surface area contributed by atoms with E-state index < -0.39 is 23.3 Å². The molecular weight excluding hydrogens is 434 g/mol. The Morgan fingerprint density at radius 3 is 2.22 bits per heavy atom. The SMILES string of the molecule is COc1ccc2ccc(OC)c(C(OC(C)=O)(C(C)=O)C(=O)Nc3ccccc3Cl)c2c1. The van der Waals surface area contributed by atoms with Crippen LogP contribution in [0.5, 0.6) is 11.5 Å². The van der Waals surface area contributed by atoms with Crippen LogP contribution in [0.25, 0.3) is 10.8 Å². The summed E-state index contributed by atoms with van der Waals surface area (Å²) in [6, 6.07) is 15.1. The normalized spacial score (nSPS) is 12.5. The van der Waals surface area contributed by atoms with Crippen LogP contribution in [-0.4, -0.2) is 31.9 Å². The van der Waals surface area contributed by atoms with Crippen LogP contribution in [0.3, 0.4) is 0 Å². The highest BCUT2D eigenvalue weighted by Gasteiger charge is 2.52. The number of ether oxygens (including phenoxy) is 3. The van der Waals surface area contributed by atoms with Gasteiger partial charge in [-0.1, -0.05) is 35.9 Å². The van der Waals surface area contributed by atoms with E-state index in [-0.39, 0.29) is 22.0 Å². The van der Waals surface area contributed by atoms with Crippen LogP contribution < -0.4 is 14.8 Å². The Bertz CT molecular complexity index is 1200. The van der Waals surface area contributed by atoms with E-state index in [1.54, 1.807) is 54.6 Å². The van der Waals surface area contributed by atoms with Gasteiger partial charge in [-0.05, 0) is 48.0 Å². The highest BCUT2D eigenvalue weighted by Crippen LogP contribution is 2.42. The van der Waals surface area contributed by atoms with Crippen LogP contribution in [-0.2, 0) is 24.7 Å². The molecule has 3 aromatic carbocycles. The lowest BCUT2D eigenvalue weighted by molar-refractivity contribution is -0.171. The summed E-state index contributed by atoms with van der Waals surface area (Å²) in [5.74, 6) is -1.75. The zero-order chi connectivity index (χ0) is 23.5. The molecule has 1 N–H and O–H groups in total. The summed E-state index contributed by atoms with van der Waals surface area (Å²) in [6.07, 6.45) is 0. The zero-order valence-electron chi connectivity index (χ0n) is 18.0. The predicted molar refractivity (Wildman–Crippen MR) is 121 cm³/mol. The number of ketones is 1. The van der Waals surface area contributed by atoms with Gasteiger partial charge in [0.25, 0.3) is 11.5 Å². The molecule has 0 bridgehead atoms. The Hall–Kier alpha value is -3.58. The molecule has 0 spiro atoms. The van der Waals surface area contributed by atoms with Crippen molar-refractivity contribution in [1.29, 1.82) is 0 Å². The van der Waals surface area contributed by atoms with Gasteiger partial charge < -0.3 is 19.5 Å². The lowest BCUT2D eigenvalue weighted by Gasteiger charge is -2.32. The number of hydrogen-bond acceptors (Lipinski definition) is 6. The molecule has 1 amide bonds. The average molecular weight is 456 g/mol. The minimum absolute atomic E-state index is 0.0867. The van der Waals surface area contributed by atoms with Crippen molar-refractivity contribution in [2.75, 3.05) is 19.5 Å². The Morgan fingerprint density at radius 2 is 1.62 bits per heavy atom. The van der Waals surface area contributed by atoms with Gasteiger partial charge in [-0.25, -0.2) is 0 Å². The van der Waals surface area contributed by atoms with Crippen LogP contribution in [0, 0.1) is 0 Å². The molecule has 1 atom stereocenters. The summed E-state index contributed by atoms with van der Waals surface area (Å²) in [7, 11) is 2.89. The van der Waals surface area contributed by atoms with Crippen LogP contribution in [0.4, 0.5) is 5.69 Å².